The lowest BCUT2D eigenvalue weighted by Gasteiger charge is -2.19. The normalized spacial score (nSPS) is 11.1. The molecule has 0 radical (unpaired) electrons. The summed E-state index contributed by atoms with van der Waals surface area (Å²) in [4.78, 5) is 29.3. The van der Waals surface area contributed by atoms with Crippen LogP contribution in [0.2, 0.25) is 0 Å². The molecule has 1 aromatic rings. The van der Waals surface area contributed by atoms with Crippen LogP contribution in [-0.2, 0) is 11.2 Å². The van der Waals surface area contributed by atoms with Gasteiger partial charge in [-0.25, -0.2) is 9.78 Å². The largest absolute Gasteiger partial charge is 0.444 e. The second kappa shape index (κ2) is 5.66. The van der Waals surface area contributed by atoms with E-state index >= 15 is 0 Å². The van der Waals surface area contributed by atoms with Crippen LogP contribution >= 0.6 is 0 Å². The van der Waals surface area contributed by atoms with Gasteiger partial charge in [-0.15, -0.1) is 0 Å². The van der Waals surface area contributed by atoms with Gasteiger partial charge < -0.3 is 15.0 Å². The van der Waals surface area contributed by atoms with Crippen molar-refractivity contribution in [1.82, 2.24) is 15.3 Å². The van der Waals surface area contributed by atoms with Crippen LogP contribution in [-0.4, -0.2) is 28.2 Å². The van der Waals surface area contributed by atoms with E-state index in [1.54, 1.807) is 27.7 Å². The molecule has 0 aromatic carbocycles. The molecule has 2 N–H and O–H groups in total. The van der Waals surface area contributed by atoms with Crippen molar-refractivity contribution >= 4 is 6.09 Å². The molecule has 1 heterocycles. The minimum absolute atomic E-state index is 0.185. The standard InChI is InChI=1S/C12H19N3O3/c1-8-14-9(7-10(16)15-8)5-6-13-11(17)18-12(2,3)4/h7H,5-6H2,1-4H3,(H,13,17)(H,14,15,16). The van der Waals surface area contributed by atoms with Crippen LogP contribution in [0.1, 0.15) is 32.3 Å². The zero-order valence-electron chi connectivity index (χ0n) is 11.2. The quantitative estimate of drug-likeness (QED) is 0.846. The van der Waals surface area contributed by atoms with Crippen molar-refractivity contribution in [2.75, 3.05) is 6.54 Å². The van der Waals surface area contributed by atoms with Crippen molar-refractivity contribution in [3.63, 3.8) is 0 Å². The third-order valence-electron chi connectivity index (χ3n) is 1.96. The molecule has 6 nitrogen and oxygen atoms in total. The van der Waals surface area contributed by atoms with Crippen LogP contribution < -0.4 is 10.9 Å². The number of alkyl carbamates (subject to hydrolysis) is 1. The maximum atomic E-state index is 11.4. The summed E-state index contributed by atoms with van der Waals surface area (Å²) in [6.07, 6.45) is 0.0216. The molecule has 0 aliphatic rings. The summed E-state index contributed by atoms with van der Waals surface area (Å²) in [5.41, 5.74) is -0.0508. The number of rotatable bonds is 3. The lowest BCUT2D eigenvalue weighted by atomic mass is 10.2. The first-order valence-corrected chi connectivity index (χ1v) is 5.80. The fourth-order valence-corrected chi connectivity index (χ4v) is 1.38. The third kappa shape index (κ3) is 5.47. The van der Waals surface area contributed by atoms with E-state index in [0.717, 1.165) is 0 Å². The number of ether oxygens (including phenoxy) is 1. The van der Waals surface area contributed by atoms with Gasteiger partial charge in [-0.3, -0.25) is 4.79 Å². The van der Waals surface area contributed by atoms with Crippen molar-refractivity contribution in [2.45, 2.75) is 39.7 Å². The molecule has 0 spiro atoms. The number of nitrogens with zero attached hydrogens (tertiary/aromatic N) is 1. The Labute approximate surface area is 106 Å². The van der Waals surface area contributed by atoms with Gasteiger partial charge >= 0.3 is 6.09 Å². The summed E-state index contributed by atoms with van der Waals surface area (Å²) < 4.78 is 5.08. The summed E-state index contributed by atoms with van der Waals surface area (Å²) in [6.45, 7) is 7.49. The Kier molecular flexibility index (Phi) is 4.47. The second-order valence-electron chi connectivity index (χ2n) is 5.00. The molecule has 0 saturated carbocycles. The number of nitrogens with one attached hydrogen (secondary N) is 2. The lowest BCUT2D eigenvalue weighted by Crippen LogP contribution is -2.33. The Hall–Kier alpha value is -1.85. The summed E-state index contributed by atoms with van der Waals surface area (Å²) >= 11 is 0. The van der Waals surface area contributed by atoms with E-state index in [9.17, 15) is 9.59 Å². The molecule has 6 heteroatoms. The highest BCUT2D eigenvalue weighted by molar-refractivity contribution is 5.67. The Bertz CT molecular complexity index is 474. The van der Waals surface area contributed by atoms with E-state index in [2.05, 4.69) is 15.3 Å². The maximum absolute atomic E-state index is 11.4. The Morgan fingerprint density at radius 1 is 1.50 bits per heavy atom. The first-order chi connectivity index (χ1) is 8.26. The molecule has 0 bridgehead atoms. The van der Waals surface area contributed by atoms with Gasteiger partial charge in [0, 0.05) is 24.7 Å². The van der Waals surface area contributed by atoms with Crippen LogP contribution in [0.4, 0.5) is 4.79 Å². The van der Waals surface area contributed by atoms with Crippen LogP contribution in [0.15, 0.2) is 10.9 Å². The molecule has 0 aliphatic heterocycles. The van der Waals surface area contributed by atoms with Crippen molar-refractivity contribution in [1.29, 1.82) is 0 Å². The minimum atomic E-state index is -0.511. The van der Waals surface area contributed by atoms with E-state index < -0.39 is 11.7 Å². The molecule has 1 amide bonds. The molecule has 1 aromatic heterocycles. The van der Waals surface area contributed by atoms with Crippen LogP contribution in [0.3, 0.4) is 0 Å². The molecule has 0 aliphatic carbocycles. The number of hydrogen-bond acceptors (Lipinski definition) is 4. The average molecular weight is 253 g/mol. The second-order valence-corrected chi connectivity index (χ2v) is 5.00. The topological polar surface area (TPSA) is 84.1 Å². The SMILES string of the molecule is Cc1nc(CCNC(=O)OC(C)(C)C)cc(=O)[nH]1. The number of aromatic nitrogens is 2. The molecule has 100 valence electrons. The summed E-state index contributed by atoms with van der Waals surface area (Å²) in [6, 6.07) is 1.42. The van der Waals surface area contributed by atoms with Crippen molar-refractivity contribution in [3.05, 3.63) is 27.9 Å². The molecular weight excluding hydrogens is 234 g/mol. The molecule has 1 rings (SSSR count). The molecule has 0 saturated heterocycles. The molecule has 18 heavy (non-hydrogen) atoms. The van der Waals surface area contributed by atoms with Crippen LogP contribution in [0.5, 0.6) is 0 Å². The van der Waals surface area contributed by atoms with Crippen LogP contribution in [0.25, 0.3) is 0 Å². The van der Waals surface area contributed by atoms with Gasteiger partial charge in [-0.1, -0.05) is 0 Å². The van der Waals surface area contributed by atoms with Gasteiger partial charge in [0.1, 0.15) is 11.4 Å². The number of carbonyl (C=O) groups excluding carboxylic acids is 1. The van der Waals surface area contributed by atoms with E-state index in [1.807, 2.05) is 0 Å². The van der Waals surface area contributed by atoms with Gasteiger partial charge in [0.05, 0.1) is 0 Å². The summed E-state index contributed by atoms with van der Waals surface area (Å²) in [7, 11) is 0. The minimum Gasteiger partial charge on any atom is -0.444 e. The fraction of sp³-hybridized carbons (Fsp3) is 0.583. The zero-order valence-corrected chi connectivity index (χ0v) is 11.2. The first-order valence-electron chi connectivity index (χ1n) is 5.80. The van der Waals surface area contributed by atoms with E-state index in [0.29, 0.717) is 24.5 Å². The molecular formula is C12H19N3O3. The maximum Gasteiger partial charge on any atom is 0.407 e. The summed E-state index contributed by atoms with van der Waals surface area (Å²) in [5.74, 6) is 0.565. The highest BCUT2D eigenvalue weighted by Gasteiger charge is 2.15. The van der Waals surface area contributed by atoms with E-state index in [-0.39, 0.29) is 5.56 Å². The third-order valence-corrected chi connectivity index (χ3v) is 1.96. The summed E-state index contributed by atoms with van der Waals surface area (Å²) in [5, 5.41) is 2.61. The molecule has 0 unspecified atom stereocenters. The van der Waals surface area contributed by atoms with Gasteiger partial charge in [-0.05, 0) is 27.7 Å². The Balaban J connectivity index is 2.42. The fourth-order valence-electron chi connectivity index (χ4n) is 1.38. The van der Waals surface area contributed by atoms with Gasteiger partial charge in [0.2, 0.25) is 0 Å². The Morgan fingerprint density at radius 3 is 2.72 bits per heavy atom. The van der Waals surface area contributed by atoms with Crippen molar-refractivity contribution in [2.24, 2.45) is 0 Å². The predicted octanol–water partition coefficient (Wildman–Crippen LogP) is 1.15. The number of amides is 1. The highest BCUT2D eigenvalue weighted by atomic mass is 16.6. The van der Waals surface area contributed by atoms with Gasteiger partial charge in [0.25, 0.3) is 5.56 Å². The number of carbonyl (C=O) groups is 1. The van der Waals surface area contributed by atoms with Crippen LogP contribution in [0, 0.1) is 6.92 Å². The van der Waals surface area contributed by atoms with Crippen molar-refractivity contribution < 1.29 is 9.53 Å². The Morgan fingerprint density at radius 2 is 2.17 bits per heavy atom. The zero-order chi connectivity index (χ0) is 13.8. The number of hydrogen-bond donors (Lipinski definition) is 2. The molecule has 0 atom stereocenters. The predicted molar refractivity (Wildman–Crippen MR) is 67.5 cm³/mol. The number of aryl methyl sites for hydroxylation is 1. The van der Waals surface area contributed by atoms with E-state index in [1.165, 1.54) is 6.07 Å². The smallest absolute Gasteiger partial charge is 0.407 e. The number of H-pyrrole nitrogens is 1. The first kappa shape index (κ1) is 14.2. The van der Waals surface area contributed by atoms with Gasteiger partial charge in [-0.2, -0.15) is 0 Å². The highest BCUT2D eigenvalue weighted by Crippen LogP contribution is 2.06. The number of aromatic amines is 1. The monoisotopic (exact) mass is 253 g/mol. The lowest BCUT2D eigenvalue weighted by molar-refractivity contribution is 0.0528. The van der Waals surface area contributed by atoms with Gasteiger partial charge in [0.15, 0.2) is 0 Å². The molecule has 0 fully saturated rings. The van der Waals surface area contributed by atoms with Crippen molar-refractivity contribution in [3.8, 4) is 0 Å². The average Bonchev–Trinajstić information content (AvgIpc) is 2.12. The van der Waals surface area contributed by atoms with E-state index in [4.69, 9.17) is 4.74 Å².